The molecule has 0 aromatic carbocycles. The van der Waals surface area contributed by atoms with Crippen LogP contribution in [0.1, 0.15) is 47.5 Å². The van der Waals surface area contributed by atoms with Crippen LogP contribution in [0.4, 0.5) is 4.79 Å². The van der Waals surface area contributed by atoms with Gasteiger partial charge in [0, 0.05) is 19.1 Å². The second-order valence-corrected chi connectivity index (χ2v) is 7.02. The van der Waals surface area contributed by atoms with Crippen molar-refractivity contribution >= 4 is 12.0 Å². The molecule has 1 atom stereocenters. The predicted octanol–water partition coefficient (Wildman–Crippen LogP) is 1.49. The number of ether oxygens (including phenoxy) is 1. The SMILES string of the molecule is CC(C)[C@H](N)C(=O)NC1CCN(C(=O)OC(C)(C)C)CC1. The Morgan fingerprint density at radius 3 is 2.19 bits per heavy atom. The van der Waals surface area contributed by atoms with Gasteiger partial charge in [-0.1, -0.05) is 13.8 Å². The van der Waals surface area contributed by atoms with Gasteiger partial charge in [-0.15, -0.1) is 0 Å². The van der Waals surface area contributed by atoms with E-state index in [0.717, 1.165) is 12.8 Å². The van der Waals surface area contributed by atoms with Gasteiger partial charge in [-0.3, -0.25) is 4.79 Å². The van der Waals surface area contributed by atoms with Crippen molar-refractivity contribution in [1.29, 1.82) is 0 Å². The minimum atomic E-state index is -0.480. The molecule has 21 heavy (non-hydrogen) atoms. The van der Waals surface area contributed by atoms with Crippen molar-refractivity contribution < 1.29 is 14.3 Å². The quantitative estimate of drug-likeness (QED) is 0.827. The van der Waals surface area contributed by atoms with E-state index in [1.165, 1.54) is 0 Å². The zero-order valence-corrected chi connectivity index (χ0v) is 13.8. The fourth-order valence-electron chi connectivity index (χ4n) is 2.13. The predicted molar refractivity (Wildman–Crippen MR) is 81.8 cm³/mol. The van der Waals surface area contributed by atoms with E-state index in [1.54, 1.807) is 4.90 Å². The summed E-state index contributed by atoms with van der Waals surface area (Å²) >= 11 is 0. The van der Waals surface area contributed by atoms with E-state index in [4.69, 9.17) is 10.5 Å². The van der Waals surface area contributed by atoms with E-state index in [2.05, 4.69) is 5.32 Å². The Kier molecular flexibility index (Phi) is 6.01. The van der Waals surface area contributed by atoms with Crippen LogP contribution in [-0.2, 0) is 9.53 Å². The van der Waals surface area contributed by atoms with Crippen LogP contribution >= 0.6 is 0 Å². The number of nitrogens with two attached hydrogens (primary N) is 1. The number of hydrogen-bond acceptors (Lipinski definition) is 4. The van der Waals surface area contributed by atoms with Crippen molar-refractivity contribution in [3.8, 4) is 0 Å². The Morgan fingerprint density at radius 1 is 1.24 bits per heavy atom. The molecule has 1 aliphatic rings. The first-order chi connectivity index (χ1) is 9.60. The van der Waals surface area contributed by atoms with Gasteiger partial charge in [-0.2, -0.15) is 0 Å². The minimum Gasteiger partial charge on any atom is -0.444 e. The van der Waals surface area contributed by atoms with Crippen LogP contribution < -0.4 is 11.1 Å². The average molecular weight is 299 g/mol. The molecule has 3 N–H and O–H groups in total. The molecule has 0 radical (unpaired) electrons. The fourth-order valence-corrected chi connectivity index (χ4v) is 2.13. The third-order valence-electron chi connectivity index (χ3n) is 3.51. The summed E-state index contributed by atoms with van der Waals surface area (Å²) in [4.78, 5) is 25.5. The average Bonchev–Trinajstić information content (AvgIpc) is 2.36. The van der Waals surface area contributed by atoms with E-state index in [1.807, 2.05) is 34.6 Å². The summed E-state index contributed by atoms with van der Waals surface area (Å²) in [5, 5.41) is 2.96. The molecule has 6 heteroatoms. The highest BCUT2D eigenvalue weighted by Gasteiger charge is 2.28. The standard InChI is InChI=1S/C15H29N3O3/c1-10(2)12(16)13(19)17-11-6-8-18(9-7-11)14(20)21-15(3,4)5/h10-12H,6-9,16H2,1-5H3,(H,17,19)/t12-/m0/s1. The monoisotopic (exact) mass is 299 g/mol. The normalized spacial score (nSPS) is 18.5. The lowest BCUT2D eigenvalue weighted by atomic mass is 10.0. The van der Waals surface area contributed by atoms with Crippen LogP contribution in [0.25, 0.3) is 0 Å². The number of rotatable bonds is 3. The molecule has 1 heterocycles. The van der Waals surface area contributed by atoms with Crippen LogP contribution in [0.5, 0.6) is 0 Å². The Labute approximate surface area is 127 Å². The molecule has 0 bridgehead atoms. The molecule has 1 saturated heterocycles. The van der Waals surface area contributed by atoms with Gasteiger partial charge in [0.25, 0.3) is 0 Å². The molecule has 2 amide bonds. The summed E-state index contributed by atoms with van der Waals surface area (Å²) in [5.41, 5.74) is 5.35. The second kappa shape index (κ2) is 7.11. The molecule has 1 rings (SSSR count). The van der Waals surface area contributed by atoms with Crippen molar-refractivity contribution in [2.45, 2.75) is 65.1 Å². The molecule has 0 aromatic rings. The maximum Gasteiger partial charge on any atom is 0.410 e. The zero-order chi connectivity index (χ0) is 16.2. The van der Waals surface area contributed by atoms with Crippen molar-refractivity contribution in [3.63, 3.8) is 0 Å². The molecular formula is C15H29N3O3. The number of nitrogens with one attached hydrogen (secondary N) is 1. The molecule has 122 valence electrons. The molecule has 1 aliphatic heterocycles. The van der Waals surface area contributed by atoms with Crippen molar-refractivity contribution in [2.24, 2.45) is 11.7 Å². The first kappa shape index (κ1) is 17.8. The van der Waals surface area contributed by atoms with Gasteiger partial charge in [-0.05, 0) is 39.5 Å². The van der Waals surface area contributed by atoms with Gasteiger partial charge < -0.3 is 20.7 Å². The van der Waals surface area contributed by atoms with Gasteiger partial charge in [0.15, 0.2) is 0 Å². The molecule has 0 aliphatic carbocycles. The van der Waals surface area contributed by atoms with E-state index in [-0.39, 0.29) is 24.0 Å². The maximum absolute atomic E-state index is 11.9. The summed E-state index contributed by atoms with van der Waals surface area (Å²) in [7, 11) is 0. The van der Waals surface area contributed by atoms with E-state index in [0.29, 0.717) is 13.1 Å². The summed E-state index contributed by atoms with van der Waals surface area (Å²) in [5.74, 6) is 0.00701. The lowest BCUT2D eigenvalue weighted by molar-refractivity contribution is -0.124. The Morgan fingerprint density at radius 2 is 1.76 bits per heavy atom. The summed E-state index contributed by atoms with van der Waals surface area (Å²) in [6, 6.07) is -0.394. The third kappa shape index (κ3) is 5.91. The van der Waals surface area contributed by atoms with E-state index in [9.17, 15) is 9.59 Å². The lowest BCUT2D eigenvalue weighted by Gasteiger charge is -2.34. The van der Waals surface area contributed by atoms with E-state index < -0.39 is 11.6 Å². The van der Waals surface area contributed by atoms with Crippen molar-refractivity contribution in [1.82, 2.24) is 10.2 Å². The Balaban J connectivity index is 2.39. The number of nitrogens with zero attached hydrogens (tertiary/aromatic N) is 1. The van der Waals surface area contributed by atoms with Crippen LogP contribution in [-0.4, -0.2) is 47.7 Å². The number of carbonyl (C=O) groups is 2. The Bertz CT molecular complexity index is 369. The highest BCUT2D eigenvalue weighted by molar-refractivity contribution is 5.82. The number of piperidine rings is 1. The maximum atomic E-state index is 11.9. The van der Waals surface area contributed by atoms with Gasteiger partial charge in [-0.25, -0.2) is 4.79 Å². The van der Waals surface area contributed by atoms with E-state index >= 15 is 0 Å². The van der Waals surface area contributed by atoms with Crippen LogP contribution in [0.15, 0.2) is 0 Å². The fraction of sp³-hybridized carbons (Fsp3) is 0.867. The first-order valence-electron chi connectivity index (χ1n) is 7.64. The molecule has 1 fully saturated rings. The van der Waals surface area contributed by atoms with Crippen LogP contribution in [0, 0.1) is 5.92 Å². The van der Waals surface area contributed by atoms with Crippen molar-refractivity contribution in [3.05, 3.63) is 0 Å². The number of carbonyl (C=O) groups excluding carboxylic acids is 2. The van der Waals surface area contributed by atoms with Crippen LogP contribution in [0.2, 0.25) is 0 Å². The summed E-state index contributed by atoms with van der Waals surface area (Å²) < 4.78 is 5.34. The third-order valence-corrected chi connectivity index (χ3v) is 3.51. The summed E-state index contributed by atoms with van der Waals surface area (Å²) in [6.45, 7) is 10.6. The second-order valence-electron chi connectivity index (χ2n) is 7.02. The lowest BCUT2D eigenvalue weighted by Crippen LogP contribution is -2.52. The van der Waals surface area contributed by atoms with Crippen molar-refractivity contribution in [2.75, 3.05) is 13.1 Å². The molecule has 0 unspecified atom stereocenters. The molecule has 0 spiro atoms. The molecule has 6 nitrogen and oxygen atoms in total. The largest absolute Gasteiger partial charge is 0.444 e. The minimum absolute atomic E-state index is 0.0842. The van der Waals surface area contributed by atoms with Gasteiger partial charge in [0.2, 0.25) is 5.91 Å². The highest BCUT2D eigenvalue weighted by atomic mass is 16.6. The topological polar surface area (TPSA) is 84.7 Å². The van der Waals surface area contributed by atoms with Crippen LogP contribution in [0.3, 0.4) is 0 Å². The summed E-state index contributed by atoms with van der Waals surface area (Å²) in [6.07, 6.45) is 1.18. The van der Waals surface area contributed by atoms with Gasteiger partial charge in [0.05, 0.1) is 6.04 Å². The smallest absolute Gasteiger partial charge is 0.410 e. The highest BCUT2D eigenvalue weighted by Crippen LogP contribution is 2.15. The number of hydrogen-bond donors (Lipinski definition) is 2. The molecule has 0 aromatic heterocycles. The van der Waals surface area contributed by atoms with Gasteiger partial charge >= 0.3 is 6.09 Å². The molecular weight excluding hydrogens is 270 g/mol. The number of amides is 2. The molecule has 0 saturated carbocycles. The first-order valence-corrected chi connectivity index (χ1v) is 7.64. The number of likely N-dealkylation sites (tertiary alicyclic amines) is 1. The van der Waals surface area contributed by atoms with Gasteiger partial charge in [0.1, 0.15) is 5.60 Å². The zero-order valence-electron chi connectivity index (χ0n) is 13.8. The Hall–Kier alpha value is -1.30.